The van der Waals surface area contributed by atoms with Crippen molar-refractivity contribution in [3.05, 3.63) is 58.5 Å². The zero-order valence-electron chi connectivity index (χ0n) is 17.9. The molecule has 0 bridgehead atoms. The van der Waals surface area contributed by atoms with Gasteiger partial charge in [-0.1, -0.05) is 12.1 Å². The van der Waals surface area contributed by atoms with E-state index >= 15 is 0 Å². The van der Waals surface area contributed by atoms with Crippen LogP contribution in [-0.2, 0) is 4.79 Å². The van der Waals surface area contributed by atoms with Gasteiger partial charge in [0.15, 0.2) is 11.6 Å². The molecular formula is C21H19FN6O5. The number of nitro benzene ring substituents is 1. The first-order chi connectivity index (χ1) is 15.8. The molecule has 11 nitrogen and oxygen atoms in total. The first-order valence-electron chi connectivity index (χ1n) is 9.67. The van der Waals surface area contributed by atoms with E-state index in [0.29, 0.717) is 17.3 Å². The van der Waals surface area contributed by atoms with Crippen molar-refractivity contribution in [3.8, 4) is 11.5 Å². The summed E-state index contributed by atoms with van der Waals surface area (Å²) in [7, 11) is 4.45. The molecule has 1 amide bonds. The monoisotopic (exact) mass is 454 g/mol. The second-order valence-electron chi connectivity index (χ2n) is 7.00. The highest BCUT2D eigenvalue weighted by atomic mass is 19.1. The fourth-order valence-corrected chi connectivity index (χ4v) is 3.46. The zero-order valence-corrected chi connectivity index (χ0v) is 17.9. The van der Waals surface area contributed by atoms with Gasteiger partial charge in [-0.15, -0.1) is 0 Å². The summed E-state index contributed by atoms with van der Waals surface area (Å²) in [6.45, 7) is 0.00562. The second kappa shape index (κ2) is 8.57. The van der Waals surface area contributed by atoms with Gasteiger partial charge in [0.2, 0.25) is 17.7 Å². The van der Waals surface area contributed by atoms with Gasteiger partial charge in [0.05, 0.1) is 42.4 Å². The first-order valence-corrected chi connectivity index (χ1v) is 9.67. The number of nitrogens with one attached hydrogen (secondary N) is 1. The van der Waals surface area contributed by atoms with Crippen LogP contribution < -0.4 is 24.6 Å². The average molecular weight is 454 g/mol. The molecule has 0 radical (unpaired) electrons. The van der Waals surface area contributed by atoms with Gasteiger partial charge in [0.1, 0.15) is 12.3 Å². The van der Waals surface area contributed by atoms with E-state index < -0.39 is 16.4 Å². The number of benzene rings is 2. The van der Waals surface area contributed by atoms with Crippen LogP contribution in [0.25, 0.3) is 0 Å². The minimum Gasteiger partial charge on any atom is -0.494 e. The number of halogens is 1. The Bertz CT molecular complexity index is 1250. The molecule has 0 aliphatic carbocycles. The molecule has 1 aromatic heterocycles. The van der Waals surface area contributed by atoms with Crippen LogP contribution in [0.3, 0.4) is 0 Å². The SMILES string of the molecule is COc1cc(F)c([N+](=O)[O-])cc1Nc1ncc(OC)c(N2CC(=O)N(C)c3ccccc32)n1. The van der Waals surface area contributed by atoms with Crippen molar-refractivity contribution >= 4 is 40.4 Å². The van der Waals surface area contributed by atoms with E-state index in [9.17, 15) is 19.3 Å². The molecule has 2 heterocycles. The molecule has 0 spiro atoms. The Morgan fingerprint density at radius 3 is 2.52 bits per heavy atom. The van der Waals surface area contributed by atoms with Crippen LogP contribution in [0.1, 0.15) is 0 Å². The number of likely N-dealkylation sites (N-methyl/N-ethyl adjacent to an activating group) is 1. The summed E-state index contributed by atoms with van der Waals surface area (Å²) in [6, 6.07) is 9.22. The topological polar surface area (TPSA) is 123 Å². The highest BCUT2D eigenvalue weighted by Crippen LogP contribution is 2.41. The predicted molar refractivity (Wildman–Crippen MR) is 118 cm³/mol. The number of nitrogens with zero attached hydrogens (tertiary/aromatic N) is 5. The van der Waals surface area contributed by atoms with Gasteiger partial charge in [0, 0.05) is 19.2 Å². The minimum absolute atomic E-state index is 0.00562. The molecule has 0 unspecified atom stereocenters. The molecule has 12 heteroatoms. The number of nitro groups is 1. The Balaban J connectivity index is 1.78. The highest BCUT2D eigenvalue weighted by molar-refractivity contribution is 6.04. The van der Waals surface area contributed by atoms with Gasteiger partial charge >= 0.3 is 5.69 Å². The summed E-state index contributed by atoms with van der Waals surface area (Å²) in [5.41, 5.74) is 0.791. The lowest BCUT2D eigenvalue weighted by atomic mass is 10.1. The number of anilines is 5. The average Bonchev–Trinajstić information content (AvgIpc) is 2.82. The molecule has 1 aliphatic rings. The van der Waals surface area contributed by atoms with Gasteiger partial charge in [-0.3, -0.25) is 14.9 Å². The van der Waals surface area contributed by atoms with Gasteiger partial charge in [-0.25, -0.2) is 4.98 Å². The van der Waals surface area contributed by atoms with Crippen molar-refractivity contribution in [2.75, 3.05) is 42.9 Å². The molecule has 2 aromatic carbocycles. The van der Waals surface area contributed by atoms with E-state index in [0.717, 1.165) is 17.8 Å². The summed E-state index contributed by atoms with van der Waals surface area (Å²) >= 11 is 0. The standard InChI is InChI=1S/C21H19FN6O5/c1-26-14-6-4-5-7-15(14)27(11-19(26)29)20-18(33-3)10-23-21(25-20)24-13-9-16(28(30)31)12(22)8-17(13)32-2/h4-10H,11H2,1-3H3,(H,23,24,25). The number of aromatic nitrogens is 2. The smallest absolute Gasteiger partial charge is 0.307 e. The molecule has 0 saturated carbocycles. The number of para-hydroxylation sites is 2. The third-order valence-electron chi connectivity index (χ3n) is 5.13. The quantitative estimate of drug-likeness (QED) is 0.441. The van der Waals surface area contributed by atoms with E-state index in [4.69, 9.17) is 9.47 Å². The third kappa shape index (κ3) is 3.93. The van der Waals surface area contributed by atoms with Crippen molar-refractivity contribution in [3.63, 3.8) is 0 Å². The van der Waals surface area contributed by atoms with E-state index in [2.05, 4.69) is 15.3 Å². The predicted octanol–water partition coefficient (Wildman–Crippen LogP) is 3.40. The van der Waals surface area contributed by atoms with Crippen LogP contribution in [0.15, 0.2) is 42.6 Å². The summed E-state index contributed by atoms with van der Waals surface area (Å²) in [5.74, 6) is -0.511. The van der Waals surface area contributed by atoms with E-state index in [1.54, 1.807) is 16.8 Å². The van der Waals surface area contributed by atoms with Gasteiger partial charge in [-0.2, -0.15) is 9.37 Å². The summed E-state index contributed by atoms with van der Waals surface area (Å²) in [6.07, 6.45) is 1.40. The third-order valence-corrected chi connectivity index (χ3v) is 5.13. The summed E-state index contributed by atoms with van der Waals surface area (Å²) in [4.78, 5) is 34.8. The number of ether oxygens (including phenoxy) is 2. The van der Waals surface area contributed by atoms with Crippen molar-refractivity contribution < 1.29 is 23.6 Å². The van der Waals surface area contributed by atoms with Crippen molar-refractivity contribution in [2.45, 2.75) is 0 Å². The van der Waals surface area contributed by atoms with Gasteiger partial charge < -0.3 is 24.6 Å². The number of rotatable bonds is 6. The maximum atomic E-state index is 14.0. The number of methoxy groups -OCH3 is 2. The Hall–Kier alpha value is -4.48. The normalized spacial score (nSPS) is 12.9. The Kier molecular flexibility index (Phi) is 5.65. The minimum atomic E-state index is -1.04. The van der Waals surface area contributed by atoms with Crippen molar-refractivity contribution in [1.82, 2.24) is 9.97 Å². The molecular weight excluding hydrogens is 435 g/mol. The van der Waals surface area contributed by atoms with Gasteiger partial charge in [0.25, 0.3) is 0 Å². The molecule has 1 aliphatic heterocycles. The number of hydrogen-bond donors (Lipinski definition) is 1. The van der Waals surface area contributed by atoms with Gasteiger partial charge in [-0.05, 0) is 12.1 Å². The van der Waals surface area contributed by atoms with Crippen LogP contribution in [-0.4, -0.2) is 48.6 Å². The van der Waals surface area contributed by atoms with Crippen LogP contribution in [0, 0.1) is 15.9 Å². The molecule has 1 N–H and O–H groups in total. The summed E-state index contributed by atoms with van der Waals surface area (Å²) in [5, 5.41) is 14.0. The first kappa shape index (κ1) is 21.7. The molecule has 4 rings (SSSR count). The second-order valence-corrected chi connectivity index (χ2v) is 7.00. The Morgan fingerprint density at radius 2 is 1.85 bits per heavy atom. The lowest BCUT2D eigenvalue weighted by molar-refractivity contribution is -0.387. The summed E-state index contributed by atoms with van der Waals surface area (Å²) < 4.78 is 24.5. The number of hydrogen-bond acceptors (Lipinski definition) is 9. The molecule has 3 aromatic rings. The number of carbonyl (C=O) groups excluding carboxylic acids is 1. The fourth-order valence-electron chi connectivity index (χ4n) is 3.46. The maximum Gasteiger partial charge on any atom is 0.307 e. The maximum absolute atomic E-state index is 14.0. The number of carbonyl (C=O) groups is 1. The highest BCUT2D eigenvalue weighted by Gasteiger charge is 2.30. The van der Waals surface area contributed by atoms with Crippen molar-refractivity contribution in [1.29, 1.82) is 0 Å². The lowest BCUT2D eigenvalue weighted by Gasteiger charge is -2.35. The lowest BCUT2D eigenvalue weighted by Crippen LogP contribution is -2.42. The number of amides is 1. The van der Waals surface area contributed by atoms with E-state index in [1.807, 2.05) is 24.3 Å². The van der Waals surface area contributed by atoms with E-state index in [1.165, 1.54) is 20.4 Å². The number of fused-ring (bicyclic) bond motifs is 1. The van der Waals surface area contributed by atoms with Crippen LogP contribution >= 0.6 is 0 Å². The molecule has 0 atom stereocenters. The Morgan fingerprint density at radius 1 is 1.15 bits per heavy atom. The fraction of sp³-hybridized carbons (Fsp3) is 0.190. The van der Waals surface area contributed by atoms with E-state index in [-0.39, 0.29) is 29.8 Å². The van der Waals surface area contributed by atoms with Crippen molar-refractivity contribution in [2.24, 2.45) is 0 Å². The Labute approximate surface area is 187 Å². The van der Waals surface area contributed by atoms with Crippen LogP contribution in [0.4, 0.5) is 38.9 Å². The van der Waals surface area contributed by atoms with Crippen LogP contribution in [0.5, 0.6) is 11.5 Å². The zero-order chi connectivity index (χ0) is 23.7. The van der Waals surface area contributed by atoms with Crippen LogP contribution in [0.2, 0.25) is 0 Å². The molecule has 170 valence electrons. The molecule has 0 fully saturated rings. The molecule has 33 heavy (non-hydrogen) atoms. The largest absolute Gasteiger partial charge is 0.494 e. The molecule has 0 saturated heterocycles.